The maximum Gasteiger partial charge on any atom is 0.00313 e. The molecule has 0 aromatic carbocycles. The van der Waals surface area contributed by atoms with Crippen molar-refractivity contribution in [3.63, 3.8) is 0 Å². The first kappa shape index (κ1) is 25.7. The summed E-state index contributed by atoms with van der Waals surface area (Å²) in [7, 11) is 0. The zero-order chi connectivity index (χ0) is 16.3. The molecule has 0 aliphatic carbocycles. The number of alkyl halides is 1. The third-order valence-electron chi connectivity index (χ3n) is 4.68. The Morgan fingerprint density at radius 1 is 0.522 bits per heavy atom. The highest BCUT2D eigenvalue weighted by molar-refractivity contribution is 9.09. The maximum atomic E-state index is 3.57. The van der Waals surface area contributed by atoms with Gasteiger partial charge in [0.05, 0.1) is 0 Å². The van der Waals surface area contributed by atoms with Crippen molar-refractivity contribution < 1.29 is 0 Å². The molecule has 0 spiro atoms. The van der Waals surface area contributed by atoms with Crippen molar-refractivity contribution in [2.75, 3.05) is 5.33 Å². The Labute approximate surface area is 156 Å². The van der Waals surface area contributed by atoms with E-state index in [1.54, 1.807) is 0 Å². The highest BCUT2D eigenvalue weighted by Gasteiger charge is 2.09. The van der Waals surface area contributed by atoms with Crippen molar-refractivity contribution in [2.24, 2.45) is 0 Å². The lowest BCUT2D eigenvalue weighted by atomic mass is 9.90. The molecule has 3 N–H and O–H groups in total. The minimum absolute atomic E-state index is 0. The largest absolute Gasteiger partial charge is 0.344 e. The van der Waals surface area contributed by atoms with Crippen molar-refractivity contribution >= 4 is 15.9 Å². The molecule has 0 unspecified atom stereocenters. The molecule has 0 fully saturated rings. The predicted molar refractivity (Wildman–Crippen MR) is 112 cm³/mol. The zero-order valence-corrected chi connectivity index (χ0v) is 17.9. The summed E-state index contributed by atoms with van der Waals surface area (Å²) in [5, 5.41) is 1.17. The summed E-state index contributed by atoms with van der Waals surface area (Å²) in [4.78, 5) is 0. The summed E-state index contributed by atoms with van der Waals surface area (Å²) >= 11 is 3.57. The van der Waals surface area contributed by atoms with Gasteiger partial charge in [-0.05, 0) is 31.6 Å². The number of hydrogen-bond donors (Lipinski definition) is 1. The van der Waals surface area contributed by atoms with Gasteiger partial charge in [0.1, 0.15) is 0 Å². The summed E-state index contributed by atoms with van der Waals surface area (Å²) in [6.45, 7) is 4.60. The van der Waals surface area contributed by atoms with Crippen molar-refractivity contribution in [1.82, 2.24) is 6.15 Å². The Bertz CT molecular complexity index is 180. The molecule has 0 aliphatic rings. The second-order valence-corrected chi connectivity index (χ2v) is 7.72. The number of hydrogen-bond acceptors (Lipinski definition) is 1. The molecule has 0 amide bonds. The van der Waals surface area contributed by atoms with Crippen molar-refractivity contribution in [3.05, 3.63) is 5.92 Å². The molecule has 0 bridgehead atoms. The fourth-order valence-electron chi connectivity index (χ4n) is 3.16. The summed E-state index contributed by atoms with van der Waals surface area (Å²) < 4.78 is 0. The molecule has 0 saturated carbocycles. The molecule has 0 rings (SSSR count). The van der Waals surface area contributed by atoms with Gasteiger partial charge in [0.25, 0.3) is 0 Å². The fraction of sp³-hybridized carbons (Fsp3) is 0.952. The Balaban J connectivity index is 0. The van der Waals surface area contributed by atoms with E-state index in [1.807, 2.05) is 5.92 Å². The van der Waals surface area contributed by atoms with E-state index < -0.39 is 0 Å². The van der Waals surface area contributed by atoms with E-state index in [0.717, 1.165) is 0 Å². The van der Waals surface area contributed by atoms with E-state index in [2.05, 4.69) is 29.8 Å². The number of unbranched alkanes of at least 4 members (excludes halogenated alkanes) is 11. The molecule has 0 aliphatic heterocycles. The van der Waals surface area contributed by atoms with Crippen molar-refractivity contribution in [1.29, 1.82) is 0 Å². The van der Waals surface area contributed by atoms with E-state index in [9.17, 15) is 0 Å². The van der Waals surface area contributed by atoms with E-state index in [1.165, 1.54) is 114 Å². The van der Waals surface area contributed by atoms with Crippen LogP contribution in [-0.2, 0) is 0 Å². The Morgan fingerprint density at radius 3 is 1.26 bits per heavy atom. The van der Waals surface area contributed by atoms with Gasteiger partial charge >= 0.3 is 0 Å². The molecule has 141 valence electrons. The van der Waals surface area contributed by atoms with Crippen LogP contribution in [0.15, 0.2) is 0 Å². The van der Waals surface area contributed by atoms with Crippen LogP contribution in [0.25, 0.3) is 0 Å². The third-order valence-corrected chi connectivity index (χ3v) is 5.24. The highest BCUT2D eigenvalue weighted by Crippen LogP contribution is 2.26. The average molecular weight is 392 g/mol. The monoisotopic (exact) mass is 390 g/mol. The fourth-order valence-corrected chi connectivity index (χ4v) is 3.55. The summed E-state index contributed by atoms with van der Waals surface area (Å²) in [6.07, 6.45) is 24.2. The van der Waals surface area contributed by atoms with Crippen LogP contribution in [0, 0.1) is 5.92 Å². The lowest BCUT2D eigenvalue weighted by Crippen LogP contribution is -1.99. The van der Waals surface area contributed by atoms with Gasteiger partial charge in [0.2, 0.25) is 0 Å². The predicted octanol–water partition coefficient (Wildman–Crippen LogP) is 8.79. The Morgan fingerprint density at radius 2 is 0.870 bits per heavy atom. The van der Waals surface area contributed by atoms with Crippen LogP contribution in [-0.4, -0.2) is 5.33 Å². The Kier molecular flexibility index (Phi) is 25.1. The van der Waals surface area contributed by atoms with Crippen LogP contribution in [0.2, 0.25) is 0 Å². The molecular weight excluding hydrogens is 346 g/mol. The molecule has 2 heteroatoms. The van der Waals surface area contributed by atoms with Gasteiger partial charge in [0.15, 0.2) is 0 Å². The molecule has 0 saturated heterocycles. The zero-order valence-electron chi connectivity index (χ0n) is 16.3. The molecule has 1 radical (unpaired) electrons. The first-order chi connectivity index (χ1) is 10.8. The van der Waals surface area contributed by atoms with Gasteiger partial charge in [-0.1, -0.05) is 113 Å². The first-order valence-electron chi connectivity index (χ1n) is 10.2. The van der Waals surface area contributed by atoms with Gasteiger partial charge < -0.3 is 6.15 Å². The normalized spacial score (nSPS) is 11.0. The van der Waals surface area contributed by atoms with Crippen molar-refractivity contribution in [2.45, 2.75) is 123 Å². The number of halogens is 1. The van der Waals surface area contributed by atoms with Gasteiger partial charge in [-0.15, -0.1) is 0 Å². The first-order valence-corrected chi connectivity index (χ1v) is 11.4. The molecule has 0 atom stereocenters. The number of rotatable bonds is 18. The lowest BCUT2D eigenvalue weighted by molar-refractivity contribution is 0.525. The molecule has 0 aromatic rings. The van der Waals surface area contributed by atoms with Crippen LogP contribution in [0.3, 0.4) is 0 Å². The van der Waals surface area contributed by atoms with Crippen molar-refractivity contribution in [3.8, 4) is 0 Å². The summed E-state index contributed by atoms with van der Waals surface area (Å²) in [5.41, 5.74) is 0. The van der Waals surface area contributed by atoms with Crippen LogP contribution in [0.5, 0.6) is 0 Å². The maximum absolute atomic E-state index is 3.57. The topological polar surface area (TPSA) is 35.0 Å². The molecule has 1 nitrogen and oxygen atoms in total. The van der Waals surface area contributed by atoms with E-state index in [0.29, 0.717) is 0 Å². The van der Waals surface area contributed by atoms with Gasteiger partial charge in [-0.3, -0.25) is 0 Å². The minimum Gasteiger partial charge on any atom is -0.344 e. The van der Waals surface area contributed by atoms with Gasteiger partial charge in [0, 0.05) is 5.33 Å². The molecule has 0 aromatic heterocycles. The van der Waals surface area contributed by atoms with Gasteiger partial charge in [-0.25, -0.2) is 0 Å². The quantitative estimate of drug-likeness (QED) is 0.184. The summed E-state index contributed by atoms with van der Waals surface area (Å²) in [6, 6.07) is 0. The second kappa shape index (κ2) is 22.4. The van der Waals surface area contributed by atoms with Gasteiger partial charge in [-0.2, -0.15) is 0 Å². The SMILES string of the molecule is CCCCCCCC[C](CCCCBr)CCCCCCCC.N. The van der Waals surface area contributed by atoms with E-state index in [-0.39, 0.29) is 6.15 Å². The third kappa shape index (κ3) is 20.4. The highest BCUT2D eigenvalue weighted by atomic mass is 79.9. The van der Waals surface area contributed by atoms with E-state index >= 15 is 0 Å². The Hall–Kier alpha value is 0.440. The average Bonchev–Trinajstić information content (AvgIpc) is 2.53. The minimum atomic E-state index is 0. The molecule has 0 heterocycles. The van der Waals surface area contributed by atoms with Crippen LogP contribution < -0.4 is 6.15 Å². The van der Waals surface area contributed by atoms with Crippen LogP contribution in [0.1, 0.15) is 123 Å². The second-order valence-electron chi connectivity index (χ2n) is 6.93. The molecular formula is C21H45BrN. The smallest absolute Gasteiger partial charge is 0.00313 e. The summed E-state index contributed by atoms with van der Waals surface area (Å²) in [5.74, 6) is 1.88. The van der Waals surface area contributed by atoms with Crippen LogP contribution >= 0.6 is 15.9 Å². The lowest BCUT2D eigenvalue weighted by Gasteiger charge is -2.16. The standard InChI is InChI=1S/C21H42Br.H3N/c1-3-5-7-9-11-13-17-21(19-15-16-20-22)18-14-12-10-8-6-4-2;/h3-20H2,1-2H3;1H3. The molecule has 23 heavy (non-hydrogen) atoms. The van der Waals surface area contributed by atoms with Crippen LogP contribution in [0.4, 0.5) is 0 Å². The van der Waals surface area contributed by atoms with E-state index in [4.69, 9.17) is 0 Å².